The summed E-state index contributed by atoms with van der Waals surface area (Å²) in [6, 6.07) is 5.63. The summed E-state index contributed by atoms with van der Waals surface area (Å²) in [6.07, 6.45) is 0. The Labute approximate surface area is 93.7 Å². The zero-order valence-electron chi connectivity index (χ0n) is 9.10. The number of ether oxygens (including phenoxy) is 2. The van der Waals surface area contributed by atoms with E-state index in [0.717, 1.165) is 17.1 Å². The molecule has 0 unspecified atom stereocenters. The molecule has 0 spiro atoms. The van der Waals surface area contributed by atoms with E-state index in [1.54, 1.807) is 11.9 Å². The molecular formula is C11H14N2O3. The summed E-state index contributed by atoms with van der Waals surface area (Å²) in [4.78, 5) is 12.9. The van der Waals surface area contributed by atoms with E-state index in [4.69, 9.17) is 15.2 Å². The SMILES string of the molecule is CN(Cc1ccc2c(c1)OCO2)C(=O)CN. The number of likely N-dealkylation sites (N-methyl/N-ethyl adjacent to an activating group) is 1. The molecule has 2 N–H and O–H groups in total. The summed E-state index contributed by atoms with van der Waals surface area (Å²) in [5.74, 6) is 1.39. The van der Waals surface area contributed by atoms with Crippen molar-refractivity contribution in [2.45, 2.75) is 6.54 Å². The molecule has 5 heteroatoms. The second-order valence-corrected chi connectivity index (χ2v) is 3.64. The van der Waals surface area contributed by atoms with Crippen molar-refractivity contribution in [3.05, 3.63) is 23.8 Å². The second kappa shape index (κ2) is 4.40. The van der Waals surface area contributed by atoms with Crippen LogP contribution in [-0.2, 0) is 11.3 Å². The lowest BCUT2D eigenvalue weighted by atomic mass is 10.2. The number of hydrogen-bond donors (Lipinski definition) is 1. The lowest BCUT2D eigenvalue weighted by Gasteiger charge is -2.16. The minimum Gasteiger partial charge on any atom is -0.454 e. The van der Waals surface area contributed by atoms with Crippen molar-refractivity contribution < 1.29 is 14.3 Å². The highest BCUT2D eigenvalue weighted by Gasteiger charge is 2.14. The van der Waals surface area contributed by atoms with Crippen molar-refractivity contribution >= 4 is 5.91 Å². The van der Waals surface area contributed by atoms with E-state index in [1.807, 2.05) is 18.2 Å². The van der Waals surface area contributed by atoms with Crippen LogP contribution in [0.2, 0.25) is 0 Å². The molecule has 0 atom stereocenters. The van der Waals surface area contributed by atoms with Gasteiger partial charge in [0.1, 0.15) is 0 Å². The summed E-state index contributed by atoms with van der Waals surface area (Å²) in [5.41, 5.74) is 6.27. The number of amides is 1. The molecule has 1 aliphatic rings. The molecule has 1 amide bonds. The van der Waals surface area contributed by atoms with Crippen LogP contribution in [0.3, 0.4) is 0 Å². The van der Waals surface area contributed by atoms with Gasteiger partial charge in [0.05, 0.1) is 6.54 Å². The van der Waals surface area contributed by atoms with Gasteiger partial charge in [0.2, 0.25) is 12.7 Å². The predicted octanol–water partition coefficient (Wildman–Crippen LogP) is 0.332. The molecule has 0 aromatic heterocycles. The van der Waals surface area contributed by atoms with E-state index < -0.39 is 0 Å². The Morgan fingerprint density at radius 2 is 2.19 bits per heavy atom. The Morgan fingerprint density at radius 1 is 1.44 bits per heavy atom. The Balaban J connectivity index is 2.08. The van der Waals surface area contributed by atoms with Gasteiger partial charge in [-0.1, -0.05) is 6.07 Å². The predicted molar refractivity (Wildman–Crippen MR) is 58.1 cm³/mol. The third-order valence-electron chi connectivity index (χ3n) is 2.46. The molecule has 1 aromatic rings. The maximum atomic E-state index is 11.3. The van der Waals surface area contributed by atoms with Gasteiger partial charge in [0.25, 0.3) is 0 Å². The van der Waals surface area contributed by atoms with Crippen molar-refractivity contribution in [2.24, 2.45) is 5.73 Å². The fraction of sp³-hybridized carbons (Fsp3) is 0.364. The molecule has 0 fully saturated rings. The largest absolute Gasteiger partial charge is 0.454 e. The van der Waals surface area contributed by atoms with Gasteiger partial charge in [-0.2, -0.15) is 0 Å². The standard InChI is InChI=1S/C11H14N2O3/c1-13(11(14)5-12)6-8-2-3-9-10(4-8)16-7-15-9/h2-4H,5-7,12H2,1H3. The van der Waals surface area contributed by atoms with Crippen molar-refractivity contribution in [3.8, 4) is 11.5 Å². The van der Waals surface area contributed by atoms with E-state index in [1.165, 1.54) is 0 Å². The molecular weight excluding hydrogens is 208 g/mol. The van der Waals surface area contributed by atoms with Crippen LogP contribution in [0, 0.1) is 0 Å². The molecule has 1 aliphatic heterocycles. The van der Waals surface area contributed by atoms with Gasteiger partial charge in [0.15, 0.2) is 11.5 Å². The molecule has 2 rings (SSSR count). The molecule has 1 heterocycles. The van der Waals surface area contributed by atoms with Gasteiger partial charge in [-0.05, 0) is 17.7 Å². The third-order valence-corrected chi connectivity index (χ3v) is 2.46. The molecule has 86 valence electrons. The first kappa shape index (κ1) is 10.8. The first-order valence-corrected chi connectivity index (χ1v) is 5.03. The molecule has 16 heavy (non-hydrogen) atoms. The normalized spacial score (nSPS) is 12.6. The highest BCUT2D eigenvalue weighted by atomic mass is 16.7. The lowest BCUT2D eigenvalue weighted by molar-refractivity contribution is -0.128. The highest BCUT2D eigenvalue weighted by molar-refractivity contribution is 5.77. The summed E-state index contributed by atoms with van der Waals surface area (Å²) < 4.78 is 10.5. The molecule has 0 saturated carbocycles. The van der Waals surface area contributed by atoms with Crippen LogP contribution >= 0.6 is 0 Å². The van der Waals surface area contributed by atoms with Crippen LogP contribution < -0.4 is 15.2 Å². The van der Waals surface area contributed by atoms with E-state index in [2.05, 4.69) is 0 Å². The van der Waals surface area contributed by atoms with Crippen LogP contribution in [0.25, 0.3) is 0 Å². The maximum Gasteiger partial charge on any atom is 0.236 e. The van der Waals surface area contributed by atoms with E-state index >= 15 is 0 Å². The van der Waals surface area contributed by atoms with E-state index in [0.29, 0.717) is 6.54 Å². The molecule has 0 aliphatic carbocycles. The molecule has 0 bridgehead atoms. The zero-order valence-corrected chi connectivity index (χ0v) is 9.10. The summed E-state index contributed by atoms with van der Waals surface area (Å²) in [5, 5.41) is 0. The number of rotatable bonds is 3. The average Bonchev–Trinajstić information content (AvgIpc) is 2.75. The smallest absolute Gasteiger partial charge is 0.236 e. The Kier molecular flexibility index (Phi) is 2.96. The van der Waals surface area contributed by atoms with Gasteiger partial charge in [-0.25, -0.2) is 0 Å². The minimum absolute atomic E-state index is 0.0288. The topological polar surface area (TPSA) is 64.8 Å². The van der Waals surface area contributed by atoms with Crippen molar-refractivity contribution in [3.63, 3.8) is 0 Å². The van der Waals surface area contributed by atoms with E-state index in [9.17, 15) is 4.79 Å². The van der Waals surface area contributed by atoms with Crippen molar-refractivity contribution in [1.82, 2.24) is 4.90 Å². The third kappa shape index (κ3) is 2.09. The summed E-state index contributed by atoms with van der Waals surface area (Å²) >= 11 is 0. The summed E-state index contributed by atoms with van der Waals surface area (Å²) in [6.45, 7) is 0.810. The van der Waals surface area contributed by atoms with Crippen molar-refractivity contribution in [1.29, 1.82) is 0 Å². The number of carbonyl (C=O) groups is 1. The first-order chi connectivity index (χ1) is 7.70. The molecule has 0 saturated heterocycles. The average molecular weight is 222 g/mol. The molecule has 1 aromatic carbocycles. The maximum absolute atomic E-state index is 11.3. The fourth-order valence-electron chi connectivity index (χ4n) is 1.56. The van der Waals surface area contributed by atoms with Crippen LogP contribution in [0.1, 0.15) is 5.56 Å². The van der Waals surface area contributed by atoms with Gasteiger partial charge in [-0.3, -0.25) is 4.79 Å². The Hall–Kier alpha value is -1.75. The second-order valence-electron chi connectivity index (χ2n) is 3.64. The minimum atomic E-state index is -0.0855. The zero-order chi connectivity index (χ0) is 11.5. The number of nitrogens with zero attached hydrogens (tertiary/aromatic N) is 1. The van der Waals surface area contributed by atoms with E-state index in [-0.39, 0.29) is 19.2 Å². The van der Waals surface area contributed by atoms with Crippen LogP contribution in [0.4, 0.5) is 0 Å². The number of nitrogens with two attached hydrogens (primary N) is 1. The highest BCUT2D eigenvalue weighted by Crippen LogP contribution is 2.32. The quantitative estimate of drug-likeness (QED) is 0.800. The number of benzene rings is 1. The van der Waals surface area contributed by atoms with Crippen LogP contribution in [0.15, 0.2) is 18.2 Å². The van der Waals surface area contributed by atoms with Crippen LogP contribution in [-0.4, -0.2) is 31.2 Å². The number of hydrogen-bond acceptors (Lipinski definition) is 4. The van der Waals surface area contributed by atoms with Crippen molar-refractivity contribution in [2.75, 3.05) is 20.4 Å². The summed E-state index contributed by atoms with van der Waals surface area (Å²) in [7, 11) is 1.72. The van der Waals surface area contributed by atoms with Gasteiger partial charge < -0.3 is 20.1 Å². The van der Waals surface area contributed by atoms with Gasteiger partial charge >= 0.3 is 0 Å². The van der Waals surface area contributed by atoms with Gasteiger partial charge in [0, 0.05) is 13.6 Å². The first-order valence-electron chi connectivity index (χ1n) is 5.03. The Bertz CT molecular complexity index is 406. The monoisotopic (exact) mass is 222 g/mol. The lowest BCUT2D eigenvalue weighted by Crippen LogP contribution is -2.32. The van der Waals surface area contributed by atoms with Gasteiger partial charge in [-0.15, -0.1) is 0 Å². The fourth-order valence-corrected chi connectivity index (χ4v) is 1.56. The Morgan fingerprint density at radius 3 is 2.94 bits per heavy atom. The number of carbonyl (C=O) groups excluding carboxylic acids is 1. The molecule has 0 radical (unpaired) electrons. The molecule has 5 nitrogen and oxygen atoms in total. The number of fused-ring (bicyclic) bond motifs is 1. The van der Waals surface area contributed by atoms with Crippen LogP contribution in [0.5, 0.6) is 11.5 Å².